The Balaban J connectivity index is 1.80. The van der Waals surface area contributed by atoms with Crippen LogP contribution >= 0.6 is 0 Å². The van der Waals surface area contributed by atoms with Gasteiger partial charge in [0.1, 0.15) is 17.6 Å². The van der Waals surface area contributed by atoms with E-state index in [-0.39, 0.29) is 29.7 Å². The number of aromatic nitrogens is 3. The molecule has 0 aliphatic heterocycles. The average Bonchev–Trinajstić information content (AvgIpc) is 3.35. The van der Waals surface area contributed by atoms with E-state index in [2.05, 4.69) is 15.3 Å². The smallest absolute Gasteiger partial charge is 0.231 e. The van der Waals surface area contributed by atoms with E-state index in [0.717, 1.165) is 10.9 Å². The van der Waals surface area contributed by atoms with E-state index < -0.39 is 17.9 Å². The van der Waals surface area contributed by atoms with Crippen LogP contribution in [0.15, 0.2) is 18.3 Å². The summed E-state index contributed by atoms with van der Waals surface area (Å²) in [6, 6.07) is 3.49. The van der Waals surface area contributed by atoms with Crippen molar-refractivity contribution in [3.05, 3.63) is 29.8 Å². The molecule has 2 atom stereocenters. The SMILES string of the molecule is COc1nc(C)c(F)c(OC)c1-c1cc2cc(NC(=O)[C@@H]3C[C@@H]3F)ncc2n1C. The summed E-state index contributed by atoms with van der Waals surface area (Å²) in [6.45, 7) is 1.53. The van der Waals surface area contributed by atoms with Gasteiger partial charge in [-0.25, -0.2) is 18.7 Å². The molecule has 0 radical (unpaired) electrons. The molecule has 0 unspecified atom stereocenters. The lowest BCUT2D eigenvalue weighted by atomic mass is 10.1. The maximum Gasteiger partial charge on any atom is 0.231 e. The Morgan fingerprint density at radius 2 is 2.03 bits per heavy atom. The van der Waals surface area contributed by atoms with Crippen LogP contribution in [0.1, 0.15) is 12.1 Å². The summed E-state index contributed by atoms with van der Waals surface area (Å²) in [4.78, 5) is 20.4. The number of anilines is 1. The molecule has 9 heteroatoms. The lowest BCUT2D eigenvalue weighted by molar-refractivity contribution is -0.117. The fraction of sp³-hybridized carbons (Fsp3) is 0.350. The van der Waals surface area contributed by atoms with Crippen LogP contribution in [0, 0.1) is 18.7 Å². The molecule has 152 valence electrons. The Bertz CT molecular complexity index is 1130. The van der Waals surface area contributed by atoms with Crippen LogP contribution in [0.5, 0.6) is 11.6 Å². The van der Waals surface area contributed by atoms with Gasteiger partial charge in [0.25, 0.3) is 0 Å². The van der Waals surface area contributed by atoms with Gasteiger partial charge in [-0.1, -0.05) is 0 Å². The molecular formula is C20H20F2N4O3. The highest BCUT2D eigenvalue weighted by Gasteiger charge is 2.43. The lowest BCUT2D eigenvalue weighted by Gasteiger charge is -2.15. The second-order valence-electron chi connectivity index (χ2n) is 6.99. The average molecular weight is 402 g/mol. The van der Waals surface area contributed by atoms with Crippen molar-refractivity contribution in [1.82, 2.24) is 14.5 Å². The fourth-order valence-electron chi connectivity index (χ4n) is 3.39. The number of carbonyl (C=O) groups is 1. The number of aryl methyl sites for hydroxylation is 2. The molecule has 1 amide bonds. The Morgan fingerprint density at radius 3 is 2.66 bits per heavy atom. The Hall–Kier alpha value is -3.23. The summed E-state index contributed by atoms with van der Waals surface area (Å²) >= 11 is 0. The quantitative estimate of drug-likeness (QED) is 0.708. The number of carbonyl (C=O) groups excluding carboxylic acids is 1. The van der Waals surface area contributed by atoms with E-state index in [9.17, 15) is 13.6 Å². The molecular weight excluding hydrogens is 382 g/mol. The number of amides is 1. The van der Waals surface area contributed by atoms with Crippen molar-refractivity contribution in [2.45, 2.75) is 19.5 Å². The molecule has 0 spiro atoms. The minimum Gasteiger partial charge on any atom is -0.493 e. The van der Waals surface area contributed by atoms with Crippen molar-refractivity contribution >= 4 is 22.6 Å². The summed E-state index contributed by atoms with van der Waals surface area (Å²) in [5.74, 6) is -0.960. The fourth-order valence-corrected chi connectivity index (χ4v) is 3.39. The van der Waals surface area contributed by atoms with Gasteiger partial charge in [0, 0.05) is 12.4 Å². The van der Waals surface area contributed by atoms with E-state index in [4.69, 9.17) is 9.47 Å². The third kappa shape index (κ3) is 3.16. The van der Waals surface area contributed by atoms with E-state index >= 15 is 0 Å². The second kappa shape index (κ2) is 6.98. The second-order valence-corrected chi connectivity index (χ2v) is 6.99. The predicted octanol–water partition coefficient (Wildman–Crippen LogP) is 3.40. The molecule has 0 aromatic carbocycles. The van der Waals surface area contributed by atoms with Crippen molar-refractivity contribution in [1.29, 1.82) is 0 Å². The number of ether oxygens (including phenoxy) is 2. The summed E-state index contributed by atoms with van der Waals surface area (Å²) < 4.78 is 40.2. The predicted molar refractivity (Wildman–Crippen MR) is 103 cm³/mol. The molecule has 0 saturated heterocycles. The van der Waals surface area contributed by atoms with E-state index in [1.807, 2.05) is 4.57 Å². The Labute approximate surface area is 165 Å². The normalized spacial score (nSPS) is 18.0. The maximum absolute atomic E-state index is 14.6. The summed E-state index contributed by atoms with van der Waals surface area (Å²) in [5, 5.41) is 3.39. The molecule has 0 bridgehead atoms. The number of alkyl halides is 1. The van der Waals surface area contributed by atoms with Crippen LogP contribution in [0.25, 0.3) is 22.2 Å². The first-order valence-corrected chi connectivity index (χ1v) is 9.04. The summed E-state index contributed by atoms with van der Waals surface area (Å²) in [7, 11) is 4.64. The number of pyridine rings is 2. The molecule has 4 rings (SSSR count). The topological polar surface area (TPSA) is 78.3 Å². The zero-order valence-electron chi connectivity index (χ0n) is 16.4. The zero-order valence-corrected chi connectivity index (χ0v) is 16.4. The number of methoxy groups -OCH3 is 2. The molecule has 7 nitrogen and oxygen atoms in total. The molecule has 1 saturated carbocycles. The number of hydrogen-bond donors (Lipinski definition) is 1. The largest absolute Gasteiger partial charge is 0.493 e. The summed E-state index contributed by atoms with van der Waals surface area (Å²) in [6.07, 6.45) is 0.756. The van der Waals surface area contributed by atoms with Crippen LogP contribution in [-0.4, -0.2) is 40.8 Å². The monoisotopic (exact) mass is 402 g/mol. The van der Waals surface area contributed by atoms with Gasteiger partial charge < -0.3 is 19.4 Å². The van der Waals surface area contributed by atoms with Gasteiger partial charge in [-0.05, 0) is 25.5 Å². The lowest BCUT2D eigenvalue weighted by Crippen LogP contribution is -2.15. The van der Waals surface area contributed by atoms with Crippen LogP contribution in [0.2, 0.25) is 0 Å². The maximum atomic E-state index is 14.6. The van der Waals surface area contributed by atoms with Gasteiger partial charge in [0.05, 0.1) is 43.2 Å². The van der Waals surface area contributed by atoms with Crippen molar-refractivity contribution < 1.29 is 23.0 Å². The third-order valence-electron chi connectivity index (χ3n) is 5.11. The zero-order chi connectivity index (χ0) is 20.9. The number of rotatable bonds is 5. The number of halogens is 2. The first-order valence-electron chi connectivity index (χ1n) is 9.04. The van der Waals surface area contributed by atoms with E-state index in [1.54, 1.807) is 25.4 Å². The van der Waals surface area contributed by atoms with Gasteiger partial charge in [-0.3, -0.25) is 4.79 Å². The van der Waals surface area contributed by atoms with Crippen LogP contribution in [-0.2, 0) is 11.8 Å². The van der Waals surface area contributed by atoms with Gasteiger partial charge in [-0.15, -0.1) is 0 Å². The van der Waals surface area contributed by atoms with Crippen molar-refractivity contribution in [2.24, 2.45) is 13.0 Å². The third-order valence-corrected chi connectivity index (χ3v) is 5.11. The first kappa shape index (κ1) is 19.1. The van der Waals surface area contributed by atoms with Crippen molar-refractivity contribution in [3.8, 4) is 22.9 Å². The molecule has 1 N–H and O–H groups in total. The molecule has 3 aromatic heterocycles. The van der Waals surface area contributed by atoms with Gasteiger partial charge in [0.2, 0.25) is 11.8 Å². The van der Waals surface area contributed by atoms with Gasteiger partial charge >= 0.3 is 0 Å². The molecule has 1 fully saturated rings. The number of fused-ring (bicyclic) bond motifs is 1. The Morgan fingerprint density at radius 1 is 1.31 bits per heavy atom. The number of hydrogen-bond acceptors (Lipinski definition) is 5. The van der Waals surface area contributed by atoms with E-state index in [1.165, 1.54) is 21.1 Å². The van der Waals surface area contributed by atoms with Crippen molar-refractivity contribution in [2.75, 3.05) is 19.5 Å². The minimum atomic E-state index is -1.08. The Kier molecular flexibility index (Phi) is 4.60. The van der Waals surface area contributed by atoms with E-state index in [0.29, 0.717) is 17.1 Å². The molecule has 3 aromatic rings. The highest BCUT2D eigenvalue weighted by Crippen LogP contribution is 2.42. The first-order chi connectivity index (χ1) is 13.8. The molecule has 3 heterocycles. The molecule has 29 heavy (non-hydrogen) atoms. The summed E-state index contributed by atoms with van der Waals surface area (Å²) in [5.41, 5.74) is 1.90. The van der Waals surface area contributed by atoms with Crippen LogP contribution < -0.4 is 14.8 Å². The standard InChI is InChI=1S/C20H20F2N4O3/c1-9-17(22)18(28-3)16(20(24-9)29-4)13-5-10-6-15(23-8-14(10)26(13)2)25-19(27)11-7-12(11)21/h5-6,8,11-12H,7H2,1-4H3,(H,23,25,27)/t11-,12+/m1/s1. The van der Waals surface area contributed by atoms with Crippen molar-refractivity contribution in [3.63, 3.8) is 0 Å². The molecule has 1 aliphatic rings. The number of nitrogens with zero attached hydrogens (tertiary/aromatic N) is 3. The highest BCUT2D eigenvalue weighted by atomic mass is 19.1. The van der Waals surface area contributed by atoms with Gasteiger partial charge in [-0.2, -0.15) is 0 Å². The van der Waals surface area contributed by atoms with Gasteiger partial charge in [0.15, 0.2) is 11.6 Å². The molecule has 1 aliphatic carbocycles. The van der Waals surface area contributed by atoms with Crippen LogP contribution in [0.3, 0.4) is 0 Å². The van der Waals surface area contributed by atoms with Crippen LogP contribution in [0.4, 0.5) is 14.6 Å². The highest BCUT2D eigenvalue weighted by molar-refractivity contribution is 5.96. The number of nitrogens with one attached hydrogen (secondary N) is 1. The minimum absolute atomic E-state index is 0.0319.